The molecule has 2 aliphatic heterocycles. The number of hydrogen-bond donors (Lipinski definition) is 1. The molecule has 0 radical (unpaired) electrons. The molecule has 0 bridgehead atoms. The maximum absolute atomic E-state index is 6.12. The third-order valence-corrected chi connectivity index (χ3v) is 5.51. The first-order chi connectivity index (χ1) is 10.2. The van der Waals surface area contributed by atoms with Gasteiger partial charge in [0.05, 0.1) is 0 Å². The van der Waals surface area contributed by atoms with E-state index in [1.807, 2.05) is 0 Å². The van der Waals surface area contributed by atoms with Crippen LogP contribution in [0.4, 0.5) is 5.69 Å². The van der Waals surface area contributed by atoms with Crippen molar-refractivity contribution in [3.63, 3.8) is 0 Å². The first kappa shape index (κ1) is 14.9. The van der Waals surface area contributed by atoms with Gasteiger partial charge in [-0.2, -0.15) is 0 Å². The Morgan fingerprint density at radius 2 is 2.00 bits per heavy atom. The molecule has 3 rings (SSSR count). The molecule has 0 saturated carbocycles. The number of rotatable bonds is 4. The largest absolute Gasteiger partial charge is 0.374 e. The smallest absolute Gasteiger partial charge is 0.0470 e. The minimum Gasteiger partial charge on any atom is -0.374 e. The van der Waals surface area contributed by atoms with E-state index in [-0.39, 0.29) is 0 Å². The van der Waals surface area contributed by atoms with E-state index in [4.69, 9.17) is 5.73 Å². The molecule has 3 nitrogen and oxygen atoms in total. The lowest BCUT2D eigenvalue weighted by molar-refractivity contribution is 0.134. The molecule has 21 heavy (non-hydrogen) atoms. The van der Waals surface area contributed by atoms with E-state index < -0.39 is 0 Å². The molecule has 1 aromatic rings. The van der Waals surface area contributed by atoms with Crippen molar-refractivity contribution in [2.75, 3.05) is 38.1 Å². The van der Waals surface area contributed by atoms with E-state index in [0.29, 0.717) is 6.04 Å². The SMILES string of the molecule is CCC1CCN(C(CN)c2ccc3c(c2)CCN3C)CC1. The van der Waals surface area contributed by atoms with Crippen LogP contribution in [-0.2, 0) is 6.42 Å². The van der Waals surface area contributed by atoms with E-state index in [1.54, 1.807) is 0 Å². The van der Waals surface area contributed by atoms with E-state index in [9.17, 15) is 0 Å². The van der Waals surface area contributed by atoms with E-state index in [1.165, 1.54) is 55.6 Å². The van der Waals surface area contributed by atoms with Crippen LogP contribution in [0.3, 0.4) is 0 Å². The van der Waals surface area contributed by atoms with Gasteiger partial charge in [-0.1, -0.05) is 25.5 Å². The van der Waals surface area contributed by atoms with E-state index in [2.05, 4.69) is 42.0 Å². The number of nitrogens with zero attached hydrogens (tertiary/aromatic N) is 2. The Morgan fingerprint density at radius 3 is 2.67 bits per heavy atom. The van der Waals surface area contributed by atoms with Gasteiger partial charge >= 0.3 is 0 Å². The predicted molar refractivity (Wildman–Crippen MR) is 89.8 cm³/mol. The van der Waals surface area contributed by atoms with Gasteiger partial charge in [0, 0.05) is 31.9 Å². The second kappa shape index (κ2) is 6.37. The number of nitrogens with two attached hydrogens (primary N) is 1. The van der Waals surface area contributed by atoms with Crippen molar-refractivity contribution in [1.82, 2.24) is 4.90 Å². The van der Waals surface area contributed by atoms with Crippen molar-refractivity contribution < 1.29 is 0 Å². The second-order valence-corrected chi connectivity index (χ2v) is 6.70. The summed E-state index contributed by atoms with van der Waals surface area (Å²) in [6, 6.07) is 7.39. The fourth-order valence-corrected chi connectivity index (χ4v) is 3.96. The zero-order valence-electron chi connectivity index (χ0n) is 13.5. The number of likely N-dealkylation sites (N-methyl/N-ethyl adjacent to an activating group) is 1. The number of benzene rings is 1. The van der Waals surface area contributed by atoms with E-state index in [0.717, 1.165) is 19.0 Å². The lowest BCUT2D eigenvalue weighted by Gasteiger charge is -2.37. The first-order valence-electron chi connectivity index (χ1n) is 8.51. The zero-order valence-corrected chi connectivity index (χ0v) is 13.5. The Labute approximate surface area is 129 Å². The highest BCUT2D eigenvalue weighted by Gasteiger charge is 2.26. The predicted octanol–water partition coefficient (Wildman–Crippen LogP) is 2.80. The Balaban J connectivity index is 1.75. The third kappa shape index (κ3) is 2.95. The highest BCUT2D eigenvalue weighted by Crippen LogP contribution is 2.32. The van der Waals surface area contributed by atoms with Crippen LogP contribution in [0.1, 0.15) is 43.4 Å². The van der Waals surface area contributed by atoms with Crippen LogP contribution < -0.4 is 10.6 Å². The summed E-state index contributed by atoms with van der Waals surface area (Å²) in [5, 5.41) is 0. The number of hydrogen-bond acceptors (Lipinski definition) is 3. The van der Waals surface area contributed by atoms with Crippen LogP contribution in [-0.4, -0.2) is 38.1 Å². The van der Waals surface area contributed by atoms with E-state index >= 15 is 0 Å². The standard InChI is InChI=1S/C18H29N3/c1-3-14-6-10-21(11-7-14)18(13-19)15-4-5-17-16(12-15)8-9-20(17)2/h4-5,12,14,18H,3,6-11,13,19H2,1-2H3. The molecule has 0 amide bonds. The number of anilines is 1. The third-order valence-electron chi connectivity index (χ3n) is 5.51. The minimum absolute atomic E-state index is 0.402. The fraction of sp³-hybridized carbons (Fsp3) is 0.667. The van der Waals surface area contributed by atoms with Crippen LogP contribution in [0.2, 0.25) is 0 Å². The average Bonchev–Trinajstić information content (AvgIpc) is 2.90. The molecule has 0 aromatic heterocycles. The molecule has 0 spiro atoms. The molecule has 1 fully saturated rings. The Bertz CT molecular complexity index is 477. The quantitative estimate of drug-likeness (QED) is 0.924. The van der Waals surface area contributed by atoms with Gasteiger partial charge < -0.3 is 10.6 Å². The van der Waals surface area contributed by atoms with Crippen molar-refractivity contribution in [2.45, 2.75) is 38.6 Å². The fourth-order valence-electron chi connectivity index (χ4n) is 3.96. The summed E-state index contributed by atoms with van der Waals surface area (Å²) in [5.41, 5.74) is 10.4. The van der Waals surface area contributed by atoms with Gasteiger partial charge in [0.15, 0.2) is 0 Å². The Kier molecular flexibility index (Phi) is 4.51. The number of fused-ring (bicyclic) bond motifs is 1. The molecule has 1 unspecified atom stereocenters. The summed E-state index contributed by atoms with van der Waals surface area (Å²) in [4.78, 5) is 4.95. The number of likely N-dealkylation sites (tertiary alicyclic amines) is 1. The zero-order chi connectivity index (χ0) is 14.8. The second-order valence-electron chi connectivity index (χ2n) is 6.70. The molecule has 116 valence electrons. The summed E-state index contributed by atoms with van der Waals surface area (Å²) in [5.74, 6) is 0.924. The lowest BCUT2D eigenvalue weighted by Crippen LogP contribution is -2.39. The number of piperidine rings is 1. The monoisotopic (exact) mass is 287 g/mol. The van der Waals surface area contributed by atoms with Gasteiger partial charge in [0.1, 0.15) is 0 Å². The summed E-state index contributed by atoms with van der Waals surface area (Å²) in [6.45, 7) is 6.60. The Morgan fingerprint density at radius 1 is 1.24 bits per heavy atom. The molecular weight excluding hydrogens is 258 g/mol. The molecule has 1 aromatic carbocycles. The molecular formula is C18H29N3. The van der Waals surface area contributed by atoms with Gasteiger partial charge in [-0.15, -0.1) is 0 Å². The van der Waals surface area contributed by atoms with Crippen LogP contribution in [0.25, 0.3) is 0 Å². The summed E-state index contributed by atoms with van der Waals surface area (Å²) in [6.07, 6.45) is 5.17. The van der Waals surface area contributed by atoms with Gasteiger partial charge in [0.2, 0.25) is 0 Å². The molecule has 2 N–H and O–H groups in total. The molecule has 1 saturated heterocycles. The maximum atomic E-state index is 6.12. The van der Waals surface area contributed by atoms with Crippen molar-refractivity contribution >= 4 is 5.69 Å². The van der Waals surface area contributed by atoms with Gasteiger partial charge in [-0.25, -0.2) is 0 Å². The van der Waals surface area contributed by atoms with Gasteiger partial charge in [0.25, 0.3) is 0 Å². The van der Waals surface area contributed by atoms with Crippen LogP contribution in [0.15, 0.2) is 18.2 Å². The topological polar surface area (TPSA) is 32.5 Å². The van der Waals surface area contributed by atoms with Crippen LogP contribution >= 0.6 is 0 Å². The minimum atomic E-state index is 0.402. The Hall–Kier alpha value is -1.06. The maximum Gasteiger partial charge on any atom is 0.0470 e. The van der Waals surface area contributed by atoms with Gasteiger partial charge in [-0.05, 0) is 55.5 Å². The summed E-state index contributed by atoms with van der Waals surface area (Å²) in [7, 11) is 2.18. The average molecular weight is 287 g/mol. The normalized spacial score (nSPS) is 21.6. The van der Waals surface area contributed by atoms with Crippen molar-refractivity contribution in [1.29, 1.82) is 0 Å². The molecule has 1 atom stereocenters. The molecule has 3 heteroatoms. The van der Waals surface area contributed by atoms with Gasteiger partial charge in [-0.3, -0.25) is 4.90 Å². The highest BCUT2D eigenvalue weighted by molar-refractivity contribution is 5.58. The van der Waals surface area contributed by atoms with Crippen molar-refractivity contribution in [2.24, 2.45) is 11.7 Å². The van der Waals surface area contributed by atoms with Crippen LogP contribution in [0.5, 0.6) is 0 Å². The summed E-state index contributed by atoms with van der Waals surface area (Å²) < 4.78 is 0. The molecule has 2 heterocycles. The highest BCUT2D eigenvalue weighted by atomic mass is 15.2. The summed E-state index contributed by atoms with van der Waals surface area (Å²) >= 11 is 0. The molecule has 0 aliphatic carbocycles. The van der Waals surface area contributed by atoms with Crippen LogP contribution in [0, 0.1) is 5.92 Å². The van der Waals surface area contributed by atoms with Crippen molar-refractivity contribution in [3.05, 3.63) is 29.3 Å². The molecule has 2 aliphatic rings. The lowest BCUT2D eigenvalue weighted by atomic mass is 9.92. The van der Waals surface area contributed by atoms with Crippen molar-refractivity contribution in [3.8, 4) is 0 Å². The first-order valence-corrected chi connectivity index (χ1v) is 8.51.